The van der Waals surface area contributed by atoms with Crippen LogP contribution in [0.25, 0.3) is 5.95 Å². The van der Waals surface area contributed by atoms with Crippen molar-refractivity contribution in [2.45, 2.75) is 19.4 Å². The predicted molar refractivity (Wildman–Crippen MR) is 71.3 cm³/mol. The lowest BCUT2D eigenvalue weighted by Crippen LogP contribution is -2.36. The summed E-state index contributed by atoms with van der Waals surface area (Å²) in [5.41, 5.74) is -0.520. The number of rotatable bonds is 5. The van der Waals surface area contributed by atoms with E-state index in [0.717, 1.165) is 0 Å². The molecule has 0 saturated carbocycles. The fraction of sp³-hybridized carbons (Fsp3) is 0.455. The number of nitrogens with one attached hydrogen (secondary N) is 2. The molecule has 2 aromatic rings. The van der Waals surface area contributed by atoms with Gasteiger partial charge in [-0.3, -0.25) is 0 Å². The Labute approximate surface area is 110 Å². The molecule has 0 aliphatic carbocycles. The minimum absolute atomic E-state index is 0.0370. The molecule has 0 bridgehead atoms. The average molecular weight is 263 g/mol. The highest BCUT2D eigenvalue weighted by Gasteiger charge is 2.18. The molecule has 0 atom stereocenters. The Morgan fingerprint density at radius 2 is 2.00 bits per heavy atom. The molecule has 2 rings (SSSR count). The summed E-state index contributed by atoms with van der Waals surface area (Å²) in [4.78, 5) is 12.7. The summed E-state index contributed by atoms with van der Waals surface area (Å²) in [6.07, 6.45) is 3.39. The molecule has 0 unspecified atom stereocenters. The molecule has 0 radical (unpaired) electrons. The van der Waals surface area contributed by atoms with Gasteiger partial charge in [0.15, 0.2) is 0 Å². The molecule has 0 saturated heterocycles. The number of nitrogens with zero attached hydrogens (tertiary/aromatic N) is 5. The summed E-state index contributed by atoms with van der Waals surface area (Å²) in [6.45, 7) is 3.66. The summed E-state index contributed by atoms with van der Waals surface area (Å²) in [7, 11) is 1.73. The molecule has 0 fully saturated rings. The van der Waals surface area contributed by atoms with Crippen LogP contribution in [0.4, 0.5) is 11.9 Å². The van der Waals surface area contributed by atoms with Crippen molar-refractivity contribution in [1.82, 2.24) is 24.7 Å². The molecule has 8 heteroatoms. The van der Waals surface area contributed by atoms with Crippen LogP contribution in [0.5, 0.6) is 0 Å². The van der Waals surface area contributed by atoms with Crippen molar-refractivity contribution in [3.05, 3.63) is 18.5 Å². The smallest absolute Gasteiger partial charge is 0.257 e. The van der Waals surface area contributed by atoms with Gasteiger partial charge in [-0.05, 0) is 19.9 Å². The van der Waals surface area contributed by atoms with Crippen LogP contribution in [0.3, 0.4) is 0 Å². The second-order valence-corrected chi connectivity index (χ2v) is 4.65. The number of hydrogen-bond donors (Lipinski definition) is 3. The summed E-state index contributed by atoms with van der Waals surface area (Å²) >= 11 is 0. The van der Waals surface area contributed by atoms with Gasteiger partial charge in [-0.1, -0.05) is 0 Å². The van der Waals surface area contributed by atoms with Gasteiger partial charge in [0.05, 0.1) is 12.1 Å². The normalized spacial score (nSPS) is 11.4. The van der Waals surface area contributed by atoms with Crippen molar-refractivity contribution >= 4 is 11.9 Å². The highest BCUT2D eigenvalue weighted by molar-refractivity contribution is 5.38. The van der Waals surface area contributed by atoms with E-state index in [-0.39, 0.29) is 6.61 Å². The molecular weight excluding hydrogens is 246 g/mol. The Morgan fingerprint density at radius 3 is 2.58 bits per heavy atom. The van der Waals surface area contributed by atoms with Crippen LogP contribution in [-0.2, 0) is 0 Å². The second-order valence-electron chi connectivity index (χ2n) is 4.65. The lowest BCUT2D eigenvalue weighted by atomic mass is 10.1. The monoisotopic (exact) mass is 263 g/mol. The van der Waals surface area contributed by atoms with E-state index in [0.29, 0.717) is 17.8 Å². The Hall–Kier alpha value is -2.22. The van der Waals surface area contributed by atoms with Gasteiger partial charge >= 0.3 is 0 Å². The van der Waals surface area contributed by atoms with Crippen LogP contribution in [0, 0.1) is 0 Å². The van der Waals surface area contributed by atoms with Crippen molar-refractivity contribution in [3.8, 4) is 5.95 Å². The average Bonchev–Trinajstić information content (AvgIpc) is 2.91. The maximum absolute atomic E-state index is 9.27. The fourth-order valence-corrected chi connectivity index (χ4v) is 1.36. The standard InChI is InChI=1S/C11H17N7O/c1-11(2,7-19)17-9-14-8(12-3)15-10(16-9)18-6-4-5-13-18/h4-6,19H,7H2,1-3H3,(H2,12,14,15,16,17). The minimum Gasteiger partial charge on any atom is -0.394 e. The quantitative estimate of drug-likeness (QED) is 0.712. The van der Waals surface area contributed by atoms with Crippen molar-refractivity contribution in [3.63, 3.8) is 0 Å². The van der Waals surface area contributed by atoms with E-state index in [4.69, 9.17) is 0 Å². The number of hydrogen-bond acceptors (Lipinski definition) is 7. The van der Waals surface area contributed by atoms with Crippen molar-refractivity contribution in [2.24, 2.45) is 0 Å². The van der Waals surface area contributed by atoms with E-state index in [9.17, 15) is 5.11 Å². The van der Waals surface area contributed by atoms with Crippen molar-refractivity contribution in [2.75, 3.05) is 24.3 Å². The molecule has 19 heavy (non-hydrogen) atoms. The molecule has 0 aliphatic heterocycles. The molecule has 0 spiro atoms. The van der Waals surface area contributed by atoms with E-state index >= 15 is 0 Å². The first kappa shape index (κ1) is 13.2. The maximum atomic E-state index is 9.27. The van der Waals surface area contributed by atoms with Gasteiger partial charge in [0, 0.05) is 19.4 Å². The Kier molecular flexibility index (Phi) is 3.61. The first-order chi connectivity index (χ1) is 9.04. The lowest BCUT2D eigenvalue weighted by molar-refractivity contribution is 0.233. The summed E-state index contributed by atoms with van der Waals surface area (Å²) < 4.78 is 1.54. The molecule has 0 aromatic carbocycles. The molecule has 3 N–H and O–H groups in total. The first-order valence-corrected chi connectivity index (χ1v) is 5.87. The molecule has 8 nitrogen and oxygen atoms in total. The summed E-state index contributed by atoms with van der Waals surface area (Å²) in [6, 6.07) is 1.79. The fourth-order valence-electron chi connectivity index (χ4n) is 1.36. The third-order valence-electron chi connectivity index (χ3n) is 2.40. The predicted octanol–water partition coefficient (Wildman–Crippen LogP) is 0.282. The van der Waals surface area contributed by atoms with Crippen LogP contribution in [0.1, 0.15) is 13.8 Å². The lowest BCUT2D eigenvalue weighted by Gasteiger charge is -2.23. The molecule has 2 heterocycles. The third kappa shape index (κ3) is 3.16. The zero-order valence-electron chi connectivity index (χ0n) is 11.1. The van der Waals surface area contributed by atoms with Gasteiger partial charge in [0.1, 0.15) is 0 Å². The van der Waals surface area contributed by atoms with Gasteiger partial charge in [0.2, 0.25) is 11.9 Å². The van der Waals surface area contributed by atoms with Crippen LogP contribution in [0.15, 0.2) is 18.5 Å². The van der Waals surface area contributed by atoms with Gasteiger partial charge < -0.3 is 15.7 Å². The number of aliphatic hydroxyl groups excluding tert-OH is 1. The third-order valence-corrected chi connectivity index (χ3v) is 2.40. The first-order valence-electron chi connectivity index (χ1n) is 5.87. The van der Waals surface area contributed by atoms with Crippen LogP contribution in [-0.4, -0.2) is 49.0 Å². The van der Waals surface area contributed by atoms with Crippen LogP contribution < -0.4 is 10.6 Å². The SMILES string of the molecule is CNc1nc(NC(C)(C)CO)nc(-n2cccn2)n1. The molecule has 0 aliphatic rings. The number of anilines is 2. The second kappa shape index (κ2) is 5.19. The molecule has 0 amide bonds. The largest absolute Gasteiger partial charge is 0.394 e. The van der Waals surface area contributed by atoms with Gasteiger partial charge in [0.25, 0.3) is 5.95 Å². The van der Waals surface area contributed by atoms with Crippen LogP contribution in [0.2, 0.25) is 0 Å². The molecule has 2 aromatic heterocycles. The van der Waals surface area contributed by atoms with Gasteiger partial charge in [-0.15, -0.1) is 0 Å². The molecule has 102 valence electrons. The maximum Gasteiger partial charge on any atom is 0.257 e. The highest BCUT2D eigenvalue weighted by atomic mass is 16.3. The van der Waals surface area contributed by atoms with E-state index in [2.05, 4.69) is 30.7 Å². The Balaban J connectivity index is 2.37. The van der Waals surface area contributed by atoms with Crippen LogP contribution >= 0.6 is 0 Å². The van der Waals surface area contributed by atoms with Crippen molar-refractivity contribution < 1.29 is 5.11 Å². The number of aromatic nitrogens is 5. The number of aliphatic hydroxyl groups is 1. The highest BCUT2D eigenvalue weighted by Crippen LogP contribution is 2.13. The van der Waals surface area contributed by atoms with E-state index in [1.165, 1.54) is 0 Å². The van der Waals surface area contributed by atoms with E-state index in [1.807, 2.05) is 13.8 Å². The summed E-state index contributed by atoms with van der Waals surface area (Å²) in [5, 5.41) is 19.3. The Morgan fingerprint density at radius 1 is 1.26 bits per heavy atom. The zero-order chi connectivity index (χ0) is 13.9. The topological polar surface area (TPSA) is 101 Å². The minimum atomic E-state index is -0.520. The molecular formula is C11H17N7O. The zero-order valence-corrected chi connectivity index (χ0v) is 11.1. The van der Waals surface area contributed by atoms with E-state index in [1.54, 1.807) is 30.2 Å². The summed E-state index contributed by atoms with van der Waals surface area (Å²) in [5.74, 6) is 1.21. The van der Waals surface area contributed by atoms with Gasteiger partial charge in [-0.2, -0.15) is 20.1 Å². The van der Waals surface area contributed by atoms with Gasteiger partial charge in [-0.25, -0.2) is 4.68 Å². The Bertz CT molecular complexity index is 538. The van der Waals surface area contributed by atoms with E-state index < -0.39 is 5.54 Å². The van der Waals surface area contributed by atoms with Crippen molar-refractivity contribution in [1.29, 1.82) is 0 Å².